The molecule has 4 heterocycles. The molecular formula is C25H28N6O2. The molecule has 33 heavy (non-hydrogen) atoms. The normalized spacial score (nSPS) is 22.9. The number of fused-ring (bicyclic) bond motifs is 1. The van der Waals surface area contributed by atoms with Gasteiger partial charge in [0.05, 0.1) is 30.3 Å². The number of rotatable bonds is 5. The molecule has 0 radical (unpaired) electrons. The predicted molar refractivity (Wildman–Crippen MR) is 128 cm³/mol. The lowest BCUT2D eigenvalue weighted by molar-refractivity contribution is -0.128. The maximum atomic E-state index is 12.2. The van der Waals surface area contributed by atoms with Crippen molar-refractivity contribution < 1.29 is 9.53 Å². The number of benzene rings is 1. The van der Waals surface area contributed by atoms with Gasteiger partial charge in [-0.2, -0.15) is 0 Å². The minimum Gasteiger partial charge on any atom is -0.439 e. The number of ether oxygens (including phenoxy) is 1. The molecule has 170 valence electrons. The third-order valence-electron chi connectivity index (χ3n) is 6.48. The molecule has 2 N–H and O–H groups in total. The van der Waals surface area contributed by atoms with Crippen LogP contribution in [0.3, 0.4) is 0 Å². The lowest BCUT2D eigenvalue weighted by atomic mass is 10.0. The van der Waals surface area contributed by atoms with Gasteiger partial charge < -0.3 is 20.3 Å². The molecule has 8 heteroatoms. The summed E-state index contributed by atoms with van der Waals surface area (Å²) in [5, 5.41) is 0. The average molecular weight is 445 g/mol. The van der Waals surface area contributed by atoms with E-state index >= 15 is 0 Å². The zero-order valence-electron chi connectivity index (χ0n) is 18.5. The summed E-state index contributed by atoms with van der Waals surface area (Å²) in [5.74, 6) is 1.81. The molecule has 2 saturated heterocycles. The lowest BCUT2D eigenvalue weighted by Gasteiger charge is -2.39. The second-order valence-electron chi connectivity index (χ2n) is 8.47. The van der Waals surface area contributed by atoms with E-state index in [4.69, 9.17) is 10.5 Å². The Kier molecular flexibility index (Phi) is 5.83. The third kappa shape index (κ3) is 4.21. The van der Waals surface area contributed by atoms with E-state index in [0.717, 1.165) is 42.9 Å². The number of nitrogens with zero attached hydrogens (tertiary/aromatic N) is 5. The highest BCUT2D eigenvalue weighted by molar-refractivity contribution is 5.87. The molecule has 1 aromatic carbocycles. The van der Waals surface area contributed by atoms with Crippen LogP contribution in [0.15, 0.2) is 77.8 Å². The molecule has 3 aliphatic rings. The van der Waals surface area contributed by atoms with Crippen LogP contribution < -0.4 is 15.4 Å². The number of amides is 1. The van der Waals surface area contributed by atoms with Crippen molar-refractivity contribution in [3.05, 3.63) is 72.8 Å². The van der Waals surface area contributed by atoms with E-state index in [1.54, 1.807) is 0 Å². The maximum Gasteiger partial charge on any atom is 0.246 e. The number of anilines is 1. The fourth-order valence-electron chi connectivity index (χ4n) is 4.90. The number of para-hydroxylation sites is 1. The molecule has 2 atom stereocenters. The number of hydrogen-bond donors (Lipinski definition) is 1. The van der Waals surface area contributed by atoms with Gasteiger partial charge in [-0.1, -0.05) is 24.8 Å². The molecule has 2 fully saturated rings. The van der Waals surface area contributed by atoms with Gasteiger partial charge in [-0.3, -0.25) is 9.69 Å². The molecule has 5 rings (SSSR count). The highest BCUT2D eigenvalue weighted by Gasteiger charge is 2.43. The molecule has 0 bridgehead atoms. The van der Waals surface area contributed by atoms with Crippen LogP contribution in [0.2, 0.25) is 0 Å². The molecule has 2 aromatic rings. The Morgan fingerprint density at radius 2 is 2.06 bits per heavy atom. The number of carbonyl (C=O) groups is 1. The molecule has 1 amide bonds. The molecule has 2 unspecified atom stereocenters. The average Bonchev–Trinajstić information content (AvgIpc) is 3.26. The number of nitrogens with two attached hydrogens (primary N) is 1. The van der Waals surface area contributed by atoms with Crippen molar-refractivity contribution in [2.45, 2.75) is 31.3 Å². The predicted octanol–water partition coefficient (Wildman–Crippen LogP) is 3.10. The van der Waals surface area contributed by atoms with Crippen molar-refractivity contribution in [3.63, 3.8) is 0 Å². The minimum absolute atomic E-state index is 0.00514. The molecule has 3 aliphatic heterocycles. The number of piperidine rings is 1. The number of pyridine rings is 1. The van der Waals surface area contributed by atoms with Gasteiger partial charge in [0.15, 0.2) is 0 Å². The van der Waals surface area contributed by atoms with Gasteiger partial charge in [0.1, 0.15) is 11.6 Å². The smallest absolute Gasteiger partial charge is 0.246 e. The van der Waals surface area contributed by atoms with Crippen LogP contribution in [0.25, 0.3) is 0 Å². The van der Waals surface area contributed by atoms with Crippen LogP contribution in [0, 0.1) is 0 Å². The van der Waals surface area contributed by atoms with Crippen LogP contribution in [-0.4, -0.2) is 58.7 Å². The summed E-state index contributed by atoms with van der Waals surface area (Å²) < 4.78 is 5.84. The van der Waals surface area contributed by atoms with Gasteiger partial charge in [-0.05, 0) is 37.1 Å². The van der Waals surface area contributed by atoms with Crippen LogP contribution in [-0.2, 0) is 4.79 Å². The standard InChI is InChI=1S/C25H28N6O2/c1-2-23(32)29-14-6-7-19(16-29)30-17-31(24-21(30)12-13-27-25(24)26)18-10-11-22(28-15-18)33-20-8-4-3-5-9-20/h2-5,8-11,13,15,19,21H,1,6-7,12,14,16-17,26H2. The number of aromatic nitrogens is 1. The first-order chi connectivity index (χ1) is 16.1. The first-order valence-electron chi connectivity index (χ1n) is 11.3. The summed E-state index contributed by atoms with van der Waals surface area (Å²) in [5.41, 5.74) is 8.30. The zero-order valence-corrected chi connectivity index (χ0v) is 18.5. The number of hydrogen-bond acceptors (Lipinski definition) is 7. The quantitative estimate of drug-likeness (QED) is 0.713. The van der Waals surface area contributed by atoms with Crippen LogP contribution in [0.5, 0.6) is 11.6 Å². The second kappa shape index (κ2) is 9.07. The Morgan fingerprint density at radius 1 is 1.21 bits per heavy atom. The van der Waals surface area contributed by atoms with Crippen LogP contribution in [0.4, 0.5) is 5.69 Å². The summed E-state index contributed by atoms with van der Waals surface area (Å²) >= 11 is 0. The molecule has 0 aliphatic carbocycles. The van der Waals surface area contributed by atoms with Gasteiger partial charge in [-0.15, -0.1) is 0 Å². The highest BCUT2D eigenvalue weighted by atomic mass is 16.5. The van der Waals surface area contributed by atoms with Crippen molar-refractivity contribution in [2.24, 2.45) is 10.7 Å². The Hall–Kier alpha value is -3.65. The van der Waals surface area contributed by atoms with Crippen molar-refractivity contribution in [3.8, 4) is 11.6 Å². The summed E-state index contributed by atoms with van der Waals surface area (Å²) in [6.07, 6.45) is 7.91. The molecule has 0 saturated carbocycles. The van der Waals surface area contributed by atoms with Gasteiger partial charge >= 0.3 is 0 Å². The van der Waals surface area contributed by atoms with E-state index < -0.39 is 0 Å². The van der Waals surface area contributed by atoms with E-state index in [1.807, 2.05) is 59.8 Å². The molecule has 8 nitrogen and oxygen atoms in total. The highest BCUT2D eigenvalue weighted by Crippen LogP contribution is 2.37. The van der Waals surface area contributed by atoms with E-state index in [0.29, 0.717) is 24.9 Å². The van der Waals surface area contributed by atoms with Crippen molar-refractivity contribution in [1.29, 1.82) is 0 Å². The largest absolute Gasteiger partial charge is 0.439 e. The summed E-state index contributed by atoms with van der Waals surface area (Å²) in [7, 11) is 0. The number of carbonyl (C=O) groups excluding carboxylic acids is 1. The summed E-state index contributed by atoms with van der Waals surface area (Å²) in [4.78, 5) is 27.7. The number of likely N-dealkylation sites (tertiary alicyclic amines) is 1. The van der Waals surface area contributed by atoms with E-state index in [1.165, 1.54) is 6.08 Å². The molecule has 0 spiro atoms. The van der Waals surface area contributed by atoms with Crippen molar-refractivity contribution in [2.75, 3.05) is 24.7 Å². The zero-order chi connectivity index (χ0) is 22.8. The number of aliphatic imine (C=N–C) groups is 1. The van der Waals surface area contributed by atoms with E-state index in [9.17, 15) is 4.79 Å². The first-order valence-corrected chi connectivity index (χ1v) is 11.3. The van der Waals surface area contributed by atoms with E-state index in [-0.39, 0.29) is 18.0 Å². The summed E-state index contributed by atoms with van der Waals surface area (Å²) in [6, 6.07) is 13.8. The maximum absolute atomic E-state index is 12.2. The van der Waals surface area contributed by atoms with Gasteiger partial charge in [0.2, 0.25) is 11.8 Å². The Bertz CT molecular complexity index is 1080. The minimum atomic E-state index is -0.00514. The van der Waals surface area contributed by atoms with Gasteiger partial charge in [-0.25, -0.2) is 9.98 Å². The fourth-order valence-corrected chi connectivity index (χ4v) is 4.90. The van der Waals surface area contributed by atoms with Crippen LogP contribution >= 0.6 is 0 Å². The second-order valence-corrected chi connectivity index (χ2v) is 8.47. The third-order valence-corrected chi connectivity index (χ3v) is 6.48. The first kappa shape index (κ1) is 21.2. The topological polar surface area (TPSA) is 87.3 Å². The van der Waals surface area contributed by atoms with Gasteiger partial charge in [0, 0.05) is 37.8 Å². The Labute approximate surface area is 193 Å². The van der Waals surface area contributed by atoms with Crippen molar-refractivity contribution in [1.82, 2.24) is 14.8 Å². The monoisotopic (exact) mass is 444 g/mol. The van der Waals surface area contributed by atoms with E-state index in [2.05, 4.69) is 26.4 Å². The SMILES string of the molecule is C=CC(=O)N1CCCC(N2CN(c3ccc(Oc4ccccc4)nc3)C3=C(N)N=CCC32)C1. The Morgan fingerprint density at radius 3 is 2.82 bits per heavy atom. The lowest BCUT2D eigenvalue weighted by Crippen LogP contribution is -2.51. The van der Waals surface area contributed by atoms with Crippen molar-refractivity contribution >= 4 is 17.8 Å². The summed E-state index contributed by atoms with van der Waals surface area (Å²) in [6.45, 7) is 5.80. The Balaban J connectivity index is 1.38. The molecule has 1 aromatic heterocycles. The molecular weight excluding hydrogens is 416 g/mol. The van der Waals surface area contributed by atoms with Gasteiger partial charge in [0.25, 0.3) is 0 Å². The van der Waals surface area contributed by atoms with Crippen LogP contribution in [0.1, 0.15) is 19.3 Å². The fraction of sp³-hybridized carbons (Fsp3) is 0.320.